The van der Waals surface area contributed by atoms with Crippen molar-refractivity contribution in [1.82, 2.24) is 9.62 Å². The SMILES string of the molecule is CN(C)S(=O)(=O)c1ccc(C(=O)NCC2(C(=O)O)CCCCC2)cc1. The molecule has 0 unspecified atom stereocenters. The third-order valence-corrected chi connectivity index (χ3v) is 6.58. The molecule has 1 fully saturated rings. The van der Waals surface area contributed by atoms with Crippen LogP contribution in [0.2, 0.25) is 0 Å². The zero-order chi connectivity index (χ0) is 18.7. The normalized spacial score (nSPS) is 17.2. The van der Waals surface area contributed by atoms with Gasteiger partial charge < -0.3 is 10.4 Å². The fraction of sp³-hybridized carbons (Fsp3) is 0.529. The van der Waals surface area contributed by atoms with Crippen molar-refractivity contribution in [3.05, 3.63) is 29.8 Å². The molecule has 0 saturated heterocycles. The Morgan fingerprint density at radius 1 is 1.12 bits per heavy atom. The Balaban J connectivity index is 2.07. The molecular weight excluding hydrogens is 344 g/mol. The molecule has 0 bridgehead atoms. The van der Waals surface area contributed by atoms with Crippen LogP contribution in [0.5, 0.6) is 0 Å². The summed E-state index contributed by atoms with van der Waals surface area (Å²) in [6.45, 7) is 0.0823. The summed E-state index contributed by atoms with van der Waals surface area (Å²) in [7, 11) is -0.674. The lowest BCUT2D eigenvalue weighted by atomic mass is 9.74. The summed E-state index contributed by atoms with van der Waals surface area (Å²) in [6, 6.07) is 5.61. The standard InChI is InChI=1S/C17H24N2O5S/c1-19(2)25(23,24)14-8-6-13(7-9-14)15(20)18-12-17(16(21)22)10-4-3-5-11-17/h6-9H,3-5,10-12H2,1-2H3,(H,18,20)(H,21,22). The summed E-state index contributed by atoms with van der Waals surface area (Å²) in [6.07, 6.45) is 3.83. The first-order valence-electron chi connectivity index (χ1n) is 8.23. The third-order valence-electron chi connectivity index (χ3n) is 4.75. The van der Waals surface area contributed by atoms with E-state index in [-0.39, 0.29) is 11.4 Å². The van der Waals surface area contributed by atoms with Gasteiger partial charge in [0, 0.05) is 26.2 Å². The minimum atomic E-state index is -3.55. The van der Waals surface area contributed by atoms with Crippen molar-refractivity contribution in [2.24, 2.45) is 5.41 Å². The van der Waals surface area contributed by atoms with Crippen LogP contribution in [0.15, 0.2) is 29.2 Å². The lowest BCUT2D eigenvalue weighted by Gasteiger charge is -2.33. The van der Waals surface area contributed by atoms with Crippen molar-refractivity contribution in [3.63, 3.8) is 0 Å². The second kappa shape index (κ2) is 7.53. The number of nitrogens with zero attached hydrogens (tertiary/aromatic N) is 1. The van der Waals surface area contributed by atoms with Gasteiger partial charge in [-0.1, -0.05) is 19.3 Å². The Kier molecular flexibility index (Phi) is 5.84. The molecule has 7 nitrogen and oxygen atoms in total. The van der Waals surface area contributed by atoms with E-state index in [2.05, 4.69) is 5.32 Å². The van der Waals surface area contributed by atoms with Crippen molar-refractivity contribution >= 4 is 21.9 Å². The minimum absolute atomic E-state index is 0.0823. The molecule has 8 heteroatoms. The van der Waals surface area contributed by atoms with Crippen molar-refractivity contribution in [2.45, 2.75) is 37.0 Å². The number of carbonyl (C=O) groups excluding carboxylic acids is 1. The van der Waals surface area contributed by atoms with Crippen LogP contribution in [-0.2, 0) is 14.8 Å². The molecule has 2 rings (SSSR count). The maximum atomic E-state index is 12.3. The van der Waals surface area contributed by atoms with Crippen LogP contribution in [0, 0.1) is 5.41 Å². The van der Waals surface area contributed by atoms with Crippen LogP contribution in [0.3, 0.4) is 0 Å². The topological polar surface area (TPSA) is 104 Å². The smallest absolute Gasteiger partial charge is 0.311 e. The number of carbonyl (C=O) groups is 2. The van der Waals surface area contributed by atoms with E-state index in [1.165, 1.54) is 38.4 Å². The van der Waals surface area contributed by atoms with Gasteiger partial charge in [-0.25, -0.2) is 12.7 Å². The van der Waals surface area contributed by atoms with E-state index in [1.807, 2.05) is 0 Å². The van der Waals surface area contributed by atoms with Crippen molar-refractivity contribution < 1.29 is 23.1 Å². The van der Waals surface area contributed by atoms with Gasteiger partial charge in [-0.3, -0.25) is 9.59 Å². The number of aliphatic carboxylic acids is 1. The molecule has 0 spiro atoms. The number of sulfonamides is 1. The highest BCUT2D eigenvalue weighted by molar-refractivity contribution is 7.89. The van der Waals surface area contributed by atoms with E-state index in [0.29, 0.717) is 18.4 Å². The van der Waals surface area contributed by atoms with Crippen LogP contribution >= 0.6 is 0 Å². The van der Waals surface area contributed by atoms with Gasteiger partial charge >= 0.3 is 5.97 Å². The van der Waals surface area contributed by atoms with Gasteiger partial charge in [0.05, 0.1) is 10.3 Å². The highest BCUT2D eigenvalue weighted by Gasteiger charge is 2.39. The molecule has 0 heterocycles. The number of hydrogen-bond acceptors (Lipinski definition) is 4. The first-order valence-corrected chi connectivity index (χ1v) is 9.67. The second-order valence-electron chi connectivity index (χ2n) is 6.64. The number of nitrogens with one attached hydrogen (secondary N) is 1. The Labute approximate surface area is 148 Å². The number of carboxylic acids is 1. The third kappa shape index (κ3) is 4.19. The van der Waals surface area contributed by atoms with Crippen LogP contribution in [0.25, 0.3) is 0 Å². The molecule has 0 aliphatic heterocycles. The first-order chi connectivity index (χ1) is 11.7. The zero-order valence-corrected chi connectivity index (χ0v) is 15.3. The van der Waals surface area contributed by atoms with Crippen molar-refractivity contribution in [2.75, 3.05) is 20.6 Å². The number of hydrogen-bond donors (Lipinski definition) is 2. The summed E-state index contributed by atoms with van der Waals surface area (Å²) in [5, 5.41) is 12.2. The van der Waals surface area contributed by atoms with Gasteiger partial charge in [0.25, 0.3) is 5.91 Å². The van der Waals surface area contributed by atoms with Crippen molar-refractivity contribution in [3.8, 4) is 0 Å². The molecule has 0 radical (unpaired) electrons. The minimum Gasteiger partial charge on any atom is -0.481 e. The Hall–Kier alpha value is -1.93. The van der Waals surface area contributed by atoms with E-state index >= 15 is 0 Å². The Morgan fingerprint density at radius 3 is 2.16 bits per heavy atom. The van der Waals surface area contributed by atoms with Crippen molar-refractivity contribution in [1.29, 1.82) is 0 Å². The highest BCUT2D eigenvalue weighted by Crippen LogP contribution is 2.36. The number of benzene rings is 1. The van der Waals surface area contributed by atoms with Crippen LogP contribution < -0.4 is 5.32 Å². The maximum absolute atomic E-state index is 12.3. The molecular formula is C17H24N2O5S. The molecule has 1 saturated carbocycles. The van der Waals surface area contributed by atoms with Crippen LogP contribution in [-0.4, -0.2) is 50.3 Å². The molecule has 1 amide bonds. The zero-order valence-electron chi connectivity index (χ0n) is 14.5. The summed E-state index contributed by atoms with van der Waals surface area (Å²) >= 11 is 0. The Morgan fingerprint density at radius 2 is 1.68 bits per heavy atom. The van der Waals surface area contributed by atoms with E-state index in [4.69, 9.17) is 0 Å². The summed E-state index contributed by atoms with van der Waals surface area (Å²) in [5.41, 5.74) is -0.601. The summed E-state index contributed by atoms with van der Waals surface area (Å²) in [5.74, 6) is -1.28. The van der Waals surface area contributed by atoms with E-state index < -0.39 is 27.3 Å². The first kappa shape index (κ1) is 19.4. The van der Waals surface area contributed by atoms with Gasteiger partial charge in [-0.15, -0.1) is 0 Å². The Bertz CT molecular complexity index is 735. The largest absolute Gasteiger partial charge is 0.481 e. The van der Waals surface area contributed by atoms with Gasteiger partial charge in [0.15, 0.2) is 0 Å². The monoisotopic (exact) mass is 368 g/mol. The molecule has 25 heavy (non-hydrogen) atoms. The maximum Gasteiger partial charge on any atom is 0.311 e. The molecule has 1 aliphatic rings. The molecule has 2 N–H and O–H groups in total. The average Bonchev–Trinajstić information content (AvgIpc) is 2.60. The quantitative estimate of drug-likeness (QED) is 0.795. The van der Waals surface area contributed by atoms with Gasteiger partial charge in [0.1, 0.15) is 0 Å². The fourth-order valence-electron chi connectivity index (χ4n) is 3.04. The van der Waals surface area contributed by atoms with E-state index in [1.54, 1.807) is 0 Å². The summed E-state index contributed by atoms with van der Waals surface area (Å²) < 4.78 is 25.1. The molecule has 1 aliphatic carbocycles. The van der Waals surface area contributed by atoms with E-state index in [9.17, 15) is 23.1 Å². The second-order valence-corrected chi connectivity index (χ2v) is 8.79. The van der Waals surface area contributed by atoms with Gasteiger partial charge in [-0.05, 0) is 37.1 Å². The summed E-state index contributed by atoms with van der Waals surface area (Å²) in [4.78, 5) is 24.0. The van der Waals surface area contributed by atoms with Crippen LogP contribution in [0.4, 0.5) is 0 Å². The fourth-order valence-corrected chi connectivity index (χ4v) is 3.94. The molecule has 0 aromatic heterocycles. The number of carboxylic acid groups (broad SMARTS) is 1. The molecule has 138 valence electrons. The predicted molar refractivity (Wildman–Crippen MR) is 92.8 cm³/mol. The number of amides is 1. The molecule has 0 atom stereocenters. The molecule has 1 aromatic rings. The predicted octanol–water partition coefficient (Wildman–Crippen LogP) is 1.70. The van der Waals surface area contributed by atoms with Gasteiger partial charge in [-0.2, -0.15) is 0 Å². The lowest BCUT2D eigenvalue weighted by Crippen LogP contribution is -2.44. The highest BCUT2D eigenvalue weighted by atomic mass is 32.2. The van der Waals surface area contributed by atoms with E-state index in [0.717, 1.165) is 23.6 Å². The lowest BCUT2D eigenvalue weighted by molar-refractivity contribution is -0.150. The molecule has 1 aromatic carbocycles. The average molecular weight is 368 g/mol. The van der Waals surface area contributed by atoms with Gasteiger partial charge in [0.2, 0.25) is 10.0 Å². The number of rotatable bonds is 6. The van der Waals surface area contributed by atoms with Crippen LogP contribution in [0.1, 0.15) is 42.5 Å².